The molecule has 3 aromatic carbocycles. The van der Waals surface area contributed by atoms with Gasteiger partial charge in [-0.1, -0.05) is 72.8 Å². The van der Waals surface area contributed by atoms with Gasteiger partial charge in [0.2, 0.25) is 53.2 Å². The van der Waals surface area contributed by atoms with E-state index in [1.165, 1.54) is 43.0 Å². The van der Waals surface area contributed by atoms with E-state index in [1.807, 2.05) is 0 Å². The highest BCUT2D eigenvalue weighted by Crippen LogP contribution is 2.13. The minimum Gasteiger partial charge on any atom is -0.508 e. The molecule has 0 aromatic heterocycles. The number of carbonyl (C=O) groups excluding carboxylic acids is 9. The topological polar surface area (TPSA) is 447 Å². The van der Waals surface area contributed by atoms with Gasteiger partial charge in [0.05, 0.1) is 38.6 Å². The predicted molar refractivity (Wildman–Crippen MR) is 284 cm³/mol. The lowest BCUT2D eigenvalue weighted by atomic mass is 10.0. The number of carboxylic acids is 1. The molecule has 0 unspecified atom stereocenters. The number of nitrogens with one attached hydrogen (secondary N) is 9. The highest BCUT2D eigenvalue weighted by molar-refractivity contribution is 7.98. The van der Waals surface area contributed by atoms with Crippen molar-refractivity contribution < 1.29 is 83.7 Å². The molecule has 432 valence electrons. The van der Waals surface area contributed by atoms with Gasteiger partial charge in [-0.05, 0) is 61.1 Å². The molecule has 0 spiro atoms. The van der Waals surface area contributed by atoms with Crippen LogP contribution in [0, 0.1) is 0 Å². The van der Waals surface area contributed by atoms with Crippen molar-refractivity contribution in [1.29, 1.82) is 0 Å². The number of rotatable bonds is 33. The van der Waals surface area contributed by atoms with Crippen LogP contribution in [0.25, 0.3) is 0 Å². The number of aliphatic carboxylic acids is 1. The van der Waals surface area contributed by atoms with Crippen LogP contribution in [-0.2, 0) is 67.2 Å². The fourth-order valence-corrected chi connectivity index (χ4v) is 7.93. The maximum absolute atomic E-state index is 14.0. The van der Waals surface area contributed by atoms with E-state index in [0.29, 0.717) is 16.7 Å². The van der Waals surface area contributed by atoms with Crippen molar-refractivity contribution in [1.82, 2.24) is 47.9 Å². The number of aliphatic hydroxyl groups excluding tert-OH is 5. The smallest absolute Gasteiger partial charge is 0.328 e. The van der Waals surface area contributed by atoms with Gasteiger partial charge < -0.3 is 89.3 Å². The number of thioether (sulfide) groups is 1. The van der Waals surface area contributed by atoms with Crippen molar-refractivity contribution in [3.8, 4) is 5.75 Å². The first kappa shape index (κ1) is 65.6. The fraction of sp³-hybridized carbons (Fsp3) is 0.451. The van der Waals surface area contributed by atoms with E-state index in [1.54, 1.807) is 66.9 Å². The Labute approximate surface area is 458 Å². The molecule has 0 saturated heterocycles. The number of amides is 9. The molecule has 9 amide bonds. The molecule has 3 aromatic rings. The van der Waals surface area contributed by atoms with Crippen LogP contribution in [0.15, 0.2) is 84.9 Å². The Hall–Kier alpha value is -7.73. The number of phenols is 1. The van der Waals surface area contributed by atoms with Gasteiger partial charge in [0.15, 0.2) is 0 Å². The third-order valence-corrected chi connectivity index (χ3v) is 12.5. The fourth-order valence-electron chi connectivity index (χ4n) is 7.46. The molecule has 11 atom stereocenters. The summed E-state index contributed by atoms with van der Waals surface area (Å²) < 4.78 is 0. The molecule has 0 radical (unpaired) electrons. The summed E-state index contributed by atoms with van der Waals surface area (Å²) in [6, 6.07) is 6.97. The zero-order valence-electron chi connectivity index (χ0n) is 43.5. The van der Waals surface area contributed by atoms with Crippen LogP contribution in [0.4, 0.5) is 0 Å². The van der Waals surface area contributed by atoms with E-state index in [2.05, 4.69) is 47.9 Å². The Morgan fingerprint density at radius 2 is 0.785 bits per heavy atom. The van der Waals surface area contributed by atoms with Crippen molar-refractivity contribution in [3.05, 3.63) is 102 Å². The first-order chi connectivity index (χ1) is 37.5. The van der Waals surface area contributed by atoms with Gasteiger partial charge in [-0.2, -0.15) is 11.8 Å². The summed E-state index contributed by atoms with van der Waals surface area (Å²) in [5.74, 6) is -10.9. The van der Waals surface area contributed by atoms with Crippen molar-refractivity contribution in [2.45, 2.75) is 106 Å². The van der Waals surface area contributed by atoms with Gasteiger partial charge >= 0.3 is 5.97 Å². The van der Waals surface area contributed by atoms with E-state index in [4.69, 9.17) is 5.73 Å². The molecule has 79 heavy (non-hydrogen) atoms. The van der Waals surface area contributed by atoms with E-state index < -0.39 is 152 Å². The number of carbonyl (C=O) groups is 10. The third-order valence-electron chi connectivity index (χ3n) is 11.8. The molecule has 0 aliphatic rings. The Balaban J connectivity index is 1.85. The molecule has 0 aliphatic carbocycles. The lowest BCUT2D eigenvalue weighted by molar-refractivity contribution is -0.143. The quantitative estimate of drug-likeness (QED) is 0.0270. The van der Waals surface area contributed by atoms with E-state index in [0.717, 1.165) is 6.92 Å². The first-order valence-electron chi connectivity index (χ1n) is 24.7. The number of benzene rings is 3. The molecule has 28 heteroatoms. The first-order valence-corrected chi connectivity index (χ1v) is 26.1. The zero-order valence-corrected chi connectivity index (χ0v) is 44.3. The van der Waals surface area contributed by atoms with Gasteiger partial charge in [-0.3, -0.25) is 43.2 Å². The van der Waals surface area contributed by atoms with Crippen LogP contribution < -0.4 is 53.6 Å². The molecular weight excluding hydrogens is 1060 g/mol. The predicted octanol–water partition coefficient (Wildman–Crippen LogP) is -5.68. The number of hydrogen-bond donors (Lipinski definition) is 17. The molecule has 0 saturated carbocycles. The molecule has 27 nitrogen and oxygen atoms in total. The lowest BCUT2D eigenvalue weighted by Crippen LogP contribution is -2.63. The van der Waals surface area contributed by atoms with Gasteiger partial charge in [-0.25, -0.2) is 4.79 Å². The van der Waals surface area contributed by atoms with Crippen LogP contribution in [0.2, 0.25) is 0 Å². The van der Waals surface area contributed by atoms with E-state index in [9.17, 15) is 83.7 Å². The minimum atomic E-state index is -1.91. The van der Waals surface area contributed by atoms with Crippen LogP contribution in [0.5, 0.6) is 5.75 Å². The SMILES string of the molecule is CSCC[C@H](NC(=O)[C@@H](NC(=O)[C@H](Cc1ccc(O)cc1)NC(=O)[C@H](CO)NC(=O)[C@H](CO)NC(=O)[C@H](Cc1ccccc1)NC(=O)[C@@H](NC(=O)[C@H](Cc1ccccc1)NC(=O)CN)[C@@H](C)O)[C@@H](C)O)C(=O)N[C@@H](CO)C(=O)O. The molecule has 0 bridgehead atoms. The van der Waals surface area contributed by atoms with Crippen molar-refractivity contribution in [2.75, 3.05) is 38.4 Å². The van der Waals surface area contributed by atoms with Crippen molar-refractivity contribution in [2.24, 2.45) is 5.73 Å². The standard InChI is InChI=1S/C51H70N10O17S/c1-27(65)41(49(75)54-33(18-19-79-3)43(69)59-39(26-64)51(77)78)61-46(72)36(22-31-14-16-32(67)17-15-31)55-47(73)37(24-62)58-48(74)38(25-63)57-44(70)35(21-30-12-8-5-9-13-30)56-50(76)42(28(2)66)60-45(71)34(53-40(68)23-52)20-29-10-6-4-7-11-29/h4-17,27-28,33-39,41-42,62-67H,18-26,52H2,1-3H3,(H,53,68)(H,54,75)(H,55,73)(H,56,76)(H,57,70)(H,58,74)(H,59,69)(H,60,71)(H,61,72)(H,77,78)/t27-,28-,33+,34+,35+,36+,37+,38+,39+,41+,42+/m1/s1. The molecule has 3 rings (SSSR count). The summed E-state index contributed by atoms with van der Waals surface area (Å²) in [6.45, 7) is -1.40. The molecule has 0 heterocycles. The highest BCUT2D eigenvalue weighted by Gasteiger charge is 2.37. The summed E-state index contributed by atoms with van der Waals surface area (Å²) in [4.78, 5) is 134. The average molecular weight is 1130 g/mol. The number of phenolic OH excluding ortho intramolecular Hbond substituents is 1. The monoisotopic (exact) mass is 1130 g/mol. The second-order valence-electron chi connectivity index (χ2n) is 18.1. The van der Waals surface area contributed by atoms with Gasteiger partial charge in [0.1, 0.15) is 60.1 Å². The Bertz CT molecular complexity index is 2510. The minimum absolute atomic E-state index is 0.0348. The van der Waals surface area contributed by atoms with Gasteiger partial charge in [0, 0.05) is 19.3 Å². The average Bonchev–Trinajstić information content (AvgIpc) is 3.43. The molecule has 18 N–H and O–H groups in total. The van der Waals surface area contributed by atoms with Crippen LogP contribution in [0.1, 0.15) is 37.0 Å². The number of hydrogen-bond acceptors (Lipinski definition) is 18. The summed E-state index contributed by atoms with van der Waals surface area (Å²) in [5, 5.41) is 91.7. The van der Waals surface area contributed by atoms with Gasteiger partial charge in [-0.15, -0.1) is 0 Å². The maximum atomic E-state index is 14.0. The third kappa shape index (κ3) is 21.9. The van der Waals surface area contributed by atoms with Gasteiger partial charge in [0.25, 0.3) is 0 Å². The van der Waals surface area contributed by atoms with Crippen LogP contribution >= 0.6 is 11.8 Å². The number of aromatic hydroxyl groups is 1. The van der Waals surface area contributed by atoms with Crippen LogP contribution in [0.3, 0.4) is 0 Å². The van der Waals surface area contributed by atoms with Crippen molar-refractivity contribution in [3.63, 3.8) is 0 Å². The zero-order chi connectivity index (χ0) is 58.8. The Morgan fingerprint density at radius 3 is 1.16 bits per heavy atom. The van der Waals surface area contributed by atoms with Crippen molar-refractivity contribution >= 4 is 70.9 Å². The summed E-state index contributed by atoms with van der Waals surface area (Å²) in [6.07, 6.45) is -2.28. The molecular formula is C51H70N10O17S. The van der Waals surface area contributed by atoms with E-state index >= 15 is 0 Å². The second-order valence-corrected chi connectivity index (χ2v) is 19.0. The number of nitrogens with two attached hydrogens (primary N) is 1. The summed E-state index contributed by atoms with van der Waals surface area (Å²) in [7, 11) is 0. The summed E-state index contributed by atoms with van der Waals surface area (Å²) >= 11 is 1.27. The lowest BCUT2D eigenvalue weighted by Gasteiger charge is -2.28. The molecule has 0 fully saturated rings. The Morgan fingerprint density at radius 1 is 0.456 bits per heavy atom. The highest BCUT2D eigenvalue weighted by atomic mass is 32.2. The van der Waals surface area contributed by atoms with E-state index in [-0.39, 0.29) is 37.2 Å². The van der Waals surface area contributed by atoms with Crippen LogP contribution in [-0.4, -0.2) is 200 Å². The maximum Gasteiger partial charge on any atom is 0.328 e. The number of aliphatic hydroxyl groups is 5. The Kier molecular flexibility index (Phi) is 27.8. The second kappa shape index (κ2) is 33.5. The summed E-state index contributed by atoms with van der Waals surface area (Å²) in [5.41, 5.74) is 6.91. The largest absolute Gasteiger partial charge is 0.508 e. The normalized spacial score (nSPS) is 15.2. The number of carboxylic acid groups (broad SMARTS) is 1. The molecule has 0 aliphatic heterocycles.